The first-order valence-corrected chi connectivity index (χ1v) is 10.5. The molecule has 1 aliphatic rings. The van der Waals surface area contributed by atoms with Crippen LogP contribution in [-0.2, 0) is 4.74 Å². The fraction of sp³-hybridized carbons (Fsp3) is 0.458. The van der Waals surface area contributed by atoms with E-state index >= 15 is 0 Å². The summed E-state index contributed by atoms with van der Waals surface area (Å²) in [6.07, 6.45) is 0. The van der Waals surface area contributed by atoms with Gasteiger partial charge in [0.05, 0.1) is 33.0 Å². The van der Waals surface area contributed by atoms with Gasteiger partial charge in [-0.15, -0.1) is 0 Å². The van der Waals surface area contributed by atoms with E-state index in [1.165, 1.54) is 0 Å². The third kappa shape index (κ3) is 5.52. The van der Waals surface area contributed by atoms with Crippen LogP contribution in [0.25, 0.3) is 0 Å². The molecule has 1 N–H and O–H groups in total. The highest BCUT2D eigenvalue weighted by atomic mass is 16.5. The van der Waals surface area contributed by atoms with Gasteiger partial charge < -0.3 is 19.5 Å². The normalized spacial score (nSPS) is 15.5. The summed E-state index contributed by atoms with van der Waals surface area (Å²) in [5, 5.41) is 3.13. The molecule has 162 valence electrons. The number of nitrogens with zero attached hydrogens (tertiary/aromatic N) is 1. The standard InChI is InChI=1S/C24H32N2O4/c1-5-30-22-7-6-19(15-23(22)28-4)21(26-8-10-29-11-9-26)16-25-24(27)20-13-17(2)12-18(3)14-20/h6-7,12-15,21H,5,8-11,16H2,1-4H3,(H,25,27)/t21-/m0/s1. The van der Waals surface area contributed by atoms with Crippen LogP contribution in [0.5, 0.6) is 11.5 Å². The second-order valence-electron chi connectivity index (χ2n) is 7.59. The minimum atomic E-state index is -0.0574. The fourth-order valence-electron chi connectivity index (χ4n) is 3.91. The first-order valence-electron chi connectivity index (χ1n) is 10.5. The molecule has 30 heavy (non-hydrogen) atoms. The van der Waals surface area contributed by atoms with Crippen molar-refractivity contribution in [1.82, 2.24) is 10.2 Å². The lowest BCUT2D eigenvalue weighted by Gasteiger charge is -2.35. The topological polar surface area (TPSA) is 60.0 Å². The summed E-state index contributed by atoms with van der Waals surface area (Å²) in [4.78, 5) is 15.2. The van der Waals surface area contributed by atoms with E-state index in [4.69, 9.17) is 14.2 Å². The van der Waals surface area contributed by atoms with E-state index in [0.29, 0.717) is 37.7 Å². The smallest absolute Gasteiger partial charge is 0.251 e. The molecule has 0 bridgehead atoms. The largest absolute Gasteiger partial charge is 0.493 e. The first kappa shape index (κ1) is 22.1. The predicted octanol–water partition coefficient (Wildman–Crippen LogP) is 3.51. The van der Waals surface area contributed by atoms with Gasteiger partial charge in [-0.3, -0.25) is 9.69 Å². The van der Waals surface area contributed by atoms with Gasteiger partial charge in [0.15, 0.2) is 11.5 Å². The molecule has 1 aliphatic heterocycles. The van der Waals surface area contributed by atoms with Gasteiger partial charge in [-0.25, -0.2) is 0 Å². The highest BCUT2D eigenvalue weighted by Crippen LogP contribution is 2.32. The lowest BCUT2D eigenvalue weighted by Crippen LogP contribution is -2.43. The van der Waals surface area contributed by atoms with Crippen molar-refractivity contribution in [3.8, 4) is 11.5 Å². The number of carbonyl (C=O) groups is 1. The number of benzene rings is 2. The van der Waals surface area contributed by atoms with Gasteiger partial charge >= 0.3 is 0 Å². The van der Waals surface area contributed by atoms with Crippen molar-refractivity contribution >= 4 is 5.91 Å². The number of amides is 1. The highest BCUT2D eigenvalue weighted by molar-refractivity contribution is 5.94. The van der Waals surface area contributed by atoms with Gasteiger partial charge in [-0.1, -0.05) is 23.3 Å². The summed E-state index contributed by atoms with van der Waals surface area (Å²) in [6, 6.07) is 11.9. The number of rotatable bonds is 8. The second-order valence-corrected chi connectivity index (χ2v) is 7.59. The molecule has 6 nitrogen and oxygen atoms in total. The Balaban J connectivity index is 1.81. The van der Waals surface area contributed by atoms with Crippen LogP contribution in [-0.4, -0.2) is 57.4 Å². The van der Waals surface area contributed by atoms with Crippen LogP contribution in [0, 0.1) is 13.8 Å². The Labute approximate surface area is 179 Å². The quantitative estimate of drug-likeness (QED) is 0.719. The number of hydrogen-bond donors (Lipinski definition) is 1. The number of aryl methyl sites for hydroxylation is 2. The Morgan fingerprint density at radius 1 is 1.10 bits per heavy atom. The van der Waals surface area contributed by atoms with E-state index < -0.39 is 0 Å². The van der Waals surface area contributed by atoms with E-state index in [1.54, 1.807) is 7.11 Å². The minimum absolute atomic E-state index is 0.0216. The maximum atomic E-state index is 12.8. The number of morpholine rings is 1. The van der Waals surface area contributed by atoms with Crippen molar-refractivity contribution in [3.05, 3.63) is 58.7 Å². The van der Waals surface area contributed by atoms with Gasteiger partial charge in [0.25, 0.3) is 5.91 Å². The molecule has 0 spiro atoms. The first-order chi connectivity index (χ1) is 14.5. The van der Waals surface area contributed by atoms with Crippen LogP contribution >= 0.6 is 0 Å². The zero-order valence-electron chi connectivity index (χ0n) is 18.4. The molecule has 1 heterocycles. The second kappa shape index (κ2) is 10.5. The Morgan fingerprint density at radius 3 is 2.43 bits per heavy atom. The van der Waals surface area contributed by atoms with Crippen LogP contribution in [0.4, 0.5) is 0 Å². The van der Waals surface area contributed by atoms with Gasteiger partial charge in [0, 0.05) is 25.2 Å². The Hall–Kier alpha value is -2.57. The molecule has 6 heteroatoms. The van der Waals surface area contributed by atoms with Gasteiger partial charge in [0.2, 0.25) is 0 Å². The van der Waals surface area contributed by atoms with Gasteiger partial charge in [-0.2, -0.15) is 0 Å². The molecular weight excluding hydrogens is 380 g/mol. The van der Waals surface area contributed by atoms with Crippen molar-refractivity contribution in [2.24, 2.45) is 0 Å². The minimum Gasteiger partial charge on any atom is -0.493 e. The highest BCUT2D eigenvalue weighted by Gasteiger charge is 2.24. The number of hydrogen-bond acceptors (Lipinski definition) is 5. The molecule has 2 aromatic rings. The van der Waals surface area contributed by atoms with E-state index in [9.17, 15) is 4.79 Å². The Morgan fingerprint density at radius 2 is 1.80 bits per heavy atom. The zero-order valence-corrected chi connectivity index (χ0v) is 18.4. The monoisotopic (exact) mass is 412 g/mol. The van der Waals surface area contributed by atoms with E-state index in [2.05, 4.69) is 22.3 Å². The molecule has 1 amide bonds. The molecule has 0 aliphatic carbocycles. The van der Waals surface area contributed by atoms with Crippen LogP contribution in [0.15, 0.2) is 36.4 Å². The number of ether oxygens (including phenoxy) is 3. The Bertz CT molecular complexity index is 842. The van der Waals surface area contributed by atoms with Gasteiger partial charge in [-0.05, 0) is 50.6 Å². The van der Waals surface area contributed by atoms with Crippen LogP contribution in [0.2, 0.25) is 0 Å². The summed E-state index contributed by atoms with van der Waals surface area (Å²) in [5.74, 6) is 1.37. The molecular formula is C24H32N2O4. The van der Waals surface area contributed by atoms with Crippen LogP contribution in [0.3, 0.4) is 0 Å². The fourth-order valence-corrected chi connectivity index (χ4v) is 3.91. The van der Waals surface area contributed by atoms with E-state index in [1.807, 2.05) is 45.0 Å². The SMILES string of the molecule is CCOc1ccc([C@H](CNC(=O)c2cc(C)cc(C)c2)N2CCOCC2)cc1OC. The molecule has 0 unspecified atom stereocenters. The molecule has 1 fully saturated rings. The summed E-state index contributed by atoms with van der Waals surface area (Å²) in [5.41, 5.74) is 3.94. The van der Waals surface area contributed by atoms with E-state index in [-0.39, 0.29) is 11.9 Å². The van der Waals surface area contributed by atoms with Crippen molar-refractivity contribution in [1.29, 1.82) is 0 Å². The summed E-state index contributed by atoms with van der Waals surface area (Å²) >= 11 is 0. The molecule has 0 saturated carbocycles. The average Bonchev–Trinajstić information content (AvgIpc) is 2.74. The number of methoxy groups -OCH3 is 1. The lowest BCUT2D eigenvalue weighted by molar-refractivity contribution is 0.0162. The van der Waals surface area contributed by atoms with Crippen molar-refractivity contribution in [2.45, 2.75) is 26.8 Å². The summed E-state index contributed by atoms with van der Waals surface area (Å²) in [6.45, 7) is 10.1. The van der Waals surface area contributed by atoms with Crippen molar-refractivity contribution in [3.63, 3.8) is 0 Å². The molecule has 2 aromatic carbocycles. The predicted molar refractivity (Wildman–Crippen MR) is 118 cm³/mol. The van der Waals surface area contributed by atoms with Crippen molar-refractivity contribution < 1.29 is 19.0 Å². The Kier molecular flexibility index (Phi) is 7.71. The third-order valence-electron chi connectivity index (χ3n) is 5.30. The average molecular weight is 413 g/mol. The summed E-state index contributed by atoms with van der Waals surface area (Å²) < 4.78 is 16.7. The molecule has 0 radical (unpaired) electrons. The maximum Gasteiger partial charge on any atom is 0.251 e. The summed E-state index contributed by atoms with van der Waals surface area (Å²) in [7, 11) is 1.65. The van der Waals surface area contributed by atoms with E-state index in [0.717, 1.165) is 35.5 Å². The third-order valence-corrected chi connectivity index (χ3v) is 5.30. The number of carbonyl (C=O) groups excluding carboxylic acids is 1. The molecule has 0 aromatic heterocycles. The van der Waals surface area contributed by atoms with Crippen LogP contribution < -0.4 is 14.8 Å². The maximum absolute atomic E-state index is 12.8. The molecule has 1 saturated heterocycles. The lowest BCUT2D eigenvalue weighted by atomic mass is 10.0. The van der Waals surface area contributed by atoms with Crippen LogP contribution in [0.1, 0.15) is 40.0 Å². The van der Waals surface area contributed by atoms with Gasteiger partial charge in [0.1, 0.15) is 0 Å². The molecule has 1 atom stereocenters. The molecule has 3 rings (SSSR count). The van der Waals surface area contributed by atoms with Crippen molar-refractivity contribution in [2.75, 3.05) is 46.6 Å². The zero-order chi connectivity index (χ0) is 21.5. The number of nitrogens with one attached hydrogen (secondary N) is 1.